The lowest BCUT2D eigenvalue weighted by molar-refractivity contribution is -0.120. The summed E-state index contributed by atoms with van der Waals surface area (Å²) in [6.07, 6.45) is 4.03. The molecule has 1 saturated carbocycles. The van der Waals surface area contributed by atoms with E-state index in [1.54, 1.807) is 12.4 Å². The Labute approximate surface area is 97.1 Å². The van der Waals surface area contributed by atoms with Gasteiger partial charge in [-0.3, -0.25) is 9.78 Å². The zero-order valence-electron chi connectivity index (χ0n) is 10.4. The van der Waals surface area contributed by atoms with E-state index >= 15 is 0 Å². The third-order valence-corrected chi connectivity index (χ3v) is 4.47. The Bertz CT molecular complexity index is 392. The van der Waals surface area contributed by atoms with E-state index in [0.717, 1.165) is 5.56 Å². The van der Waals surface area contributed by atoms with E-state index < -0.39 is 0 Å². The van der Waals surface area contributed by atoms with Crippen molar-refractivity contribution in [2.75, 3.05) is 0 Å². The highest BCUT2D eigenvalue weighted by Crippen LogP contribution is 2.68. The third-order valence-electron chi connectivity index (χ3n) is 4.47. The van der Waals surface area contributed by atoms with Gasteiger partial charge in [0, 0.05) is 24.7 Å². The van der Waals surface area contributed by atoms with Crippen LogP contribution in [0.1, 0.15) is 33.3 Å². The second-order valence-corrected chi connectivity index (χ2v) is 5.87. The van der Waals surface area contributed by atoms with Crippen molar-refractivity contribution in [1.29, 1.82) is 0 Å². The number of carbonyl (C=O) groups excluding carboxylic acids is 1. The predicted octanol–water partition coefficient (Wildman–Crippen LogP) is 2.88. The molecule has 16 heavy (non-hydrogen) atoms. The number of pyridine rings is 1. The molecule has 86 valence electrons. The summed E-state index contributed by atoms with van der Waals surface area (Å²) in [5, 5.41) is 0. The van der Waals surface area contributed by atoms with Crippen LogP contribution in [0, 0.1) is 16.7 Å². The Hall–Kier alpha value is -1.18. The summed E-state index contributed by atoms with van der Waals surface area (Å²) >= 11 is 0. The average molecular weight is 217 g/mol. The van der Waals surface area contributed by atoms with Crippen LogP contribution < -0.4 is 0 Å². The zero-order chi connectivity index (χ0) is 12.0. The minimum Gasteiger partial charge on any atom is -0.299 e. The van der Waals surface area contributed by atoms with Gasteiger partial charge >= 0.3 is 0 Å². The van der Waals surface area contributed by atoms with Crippen LogP contribution in [0.3, 0.4) is 0 Å². The molecule has 1 aliphatic rings. The van der Waals surface area contributed by atoms with Crippen molar-refractivity contribution in [1.82, 2.24) is 4.98 Å². The Kier molecular flexibility index (Phi) is 2.41. The number of aromatic nitrogens is 1. The van der Waals surface area contributed by atoms with Crippen LogP contribution in [0.4, 0.5) is 0 Å². The molecule has 0 radical (unpaired) electrons. The molecule has 0 aliphatic heterocycles. The first kappa shape index (κ1) is 11.3. The van der Waals surface area contributed by atoms with Gasteiger partial charge in [0.25, 0.3) is 0 Å². The fourth-order valence-corrected chi connectivity index (χ4v) is 2.81. The first-order chi connectivity index (χ1) is 7.37. The Morgan fingerprint density at radius 3 is 2.12 bits per heavy atom. The molecule has 0 spiro atoms. The van der Waals surface area contributed by atoms with Crippen LogP contribution >= 0.6 is 0 Å². The normalized spacial score (nSPS) is 21.8. The molecular formula is C14H19NO. The molecule has 2 rings (SSSR count). The van der Waals surface area contributed by atoms with Crippen LogP contribution in [0.2, 0.25) is 0 Å². The van der Waals surface area contributed by atoms with E-state index in [4.69, 9.17) is 0 Å². The smallest absolute Gasteiger partial charge is 0.141 e. The highest BCUT2D eigenvalue weighted by atomic mass is 16.1. The molecule has 0 saturated heterocycles. The molecule has 0 N–H and O–H groups in total. The molecule has 2 nitrogen and oxygen atoms in total. The fourth-order valence-electron chi connectivity index (χ4n) is 2.81. The van der Waals surface area contributed by atoms with Gasteiger partial charge in [-0.25, -0.2) is 0 Å². The van der Waals surface area contributed by atoms with Gasteiger partial charge in [0.05, 0.1) is 0 Å². The molecule has 0 atom stereocenters. The van der Waals surface area contributed by atoms with Gasteiger partial charge in [-0.2, -0.15) is 0 Å². The standard InChI is InChI=1S/C14H19NO/c1-13(2)12(14(13,3)4)11(16)9-10-5-7-15-8-6-10/h5-8,12H,9H2,1-4H3. The molecular weight excluding hydrogens is 198 g/mol. The zero-order valence-corrected chi connectivity index (χ0v) is 10.4. The topological polar surface area (TPSA) is 30.0 Å². The van der Waals surface area contributed by atoms with Gasteiger partial charge in [0.1, 0.15) is 5.78 Å². The molecule has 0 bridgehead atoms. The quantitative estimate of drug-likeness (QED) is 0.779. The second kappa shape index (κ2) is 3.41. The fraction of sp³-hybridized carbons (Fsp3) is 0.571. The lowest BCUT2D eigenvalue weighted by atomic mass is 10.0. The second-order valence-electron chi connectivity index (χ2n) is 5.87. The summed E-state index contributed by atoms with van der Waals surface area (Å²) in [5.74, 6) is 0.564. The first-order valence-electron chi connectivity index (χ1n) is 5.79. The van der Waals surface area contributed by atoms with Crippen molar-refractivity contribution in [3.8, 4) is 0 Å². The van der Waals surface area contributed by atoms with Crippen LogP contribution in [0.25, 0.3) is 0 Å². The minimum absolute atomic E-state index is 0.150. The van der Waals surface area contributed by atoms with Crippen LogP contribution in [-0.2, 0) is 11.2 Å². The summed E-state index contributed by atoms with van der Waals surface area (Å²) in [6, 6.07) is 3.83. The summed E-state index contributed by atoms with van der Waals surface area (Å²) < 4.78 is 0. The summed E-state index contributed by atoms with van der Waals surface area (Å²) in [6.45, 7) is 8.73. The van der Waals surface area contributed by atoms with E-state index in [0.29, 0.717) is 12.2 Å². The van der Waals surface area contributed by atoms with Gasteiger partial charge in [0.2, 0.25) is 0 Å². The molecule has 0 aromatic carbocycles. The Balaban J connectivity index is 2.07. The van der Waals surface area contributed by atoms with Gasteiger partial charge in [-0.05, 0) is 28.5 Å². The maximum absolute atomic E-state index is 12.2. The largest absolute Gasteiger partial charge is 0.299 e. The summed E-state index contributed by atoms with van der Waals surface area (Å²) in [4.78, 5) is 16.1. The van der Waals surface area contributed by atoms with E-state index in [2.05, 4.69) is 32.7 Å². The summed E-state index contributed by atoms with van der Waals surface area (Å²) in [7, 11) is 0. The number of rotatable bonds is 3. The Morgan fingerprint density at radius 2 is 1.69 bits per heavy atom. The maximum atomic E-state index is 12.2. The van der Waals surface area contributed by atoms with Crippen molar-refractivity contribution in [2.45, 2.75) is 34.1 Å². The molecule has 1 aromatic heterocycles. The monoisotopic (exact) mass is 217 g/mol. The minimum atomic E-state index is 0.150. The van der Waals surface area contributed by atoms with E-state index in [1.165, 1.54) is 0 Å². The van der Waals surface area contributed by atoms with Crippen molar-refractivity contribution in [3.05, 3.63) is 30.1 Å². The lowest BCUT2D eigenvalue weighted by Gasteiger charge is -2.03. The molecule has 1 aliphatic carbocycles. The number of nitrogens with zero attached hydrogens (tertiary/aromatic N) is 1. The Morgan fingerprint density at radius 1 is 1.19 bits per heavy atom. The van der Waals surface area contributed by atoms with E-state index in [1.807, 2.05) is 12.1 Å². The molecule has 1 aromatic rings. The van der Waals surface area contributed by atoms with Crippen molar-refractivity contribution < 1.29 is 4.79 Å². The third kappa shape index (κ3) is 1.57. The van der Waals surface area contributed by atoms with Gasteiger partial charge in [0.15, 0.2) is 0 Å². The number of ketones is 1. The van der Waals surface area contributed by atoms with Crippen LogP contribution in [-0.4, -0.2) is 10.8 Å². The SMILES string of the molecule is CC1(C)C(C(=O)Cc2ccncc2)C1(C)C. The van der Waals surface area contributed by atoms with Crippen molar-refractivity contribution in [2.24, 2.45) is 16.7 Å². The highest BCUT2D eigenvalue weighted by Gasteiger charge is 2.67. The summed E-state index contributed by atoms with van der Waals surface area (Å²) in [5.41, 5.74) is 1.37. The number of hydrogen-bond acceptors (Lipinski definition) is 2. The molecule has 1 heterocycles. The number of Topliss-reactive ketones (excluding diaryl/α,β-unsaturated/α-hetero) is 1. The van der Waals surface area contributed by atoms with Gasteiger partial charge < -0.3 is 0 Å². The average Bonchev–Trinajstić information content (AvgIpc) is 2.58. The van der Waals surface area contributed by atoms with E-state index in [-0.39, 0.29) is 16.7 Å². The molecule has 0 unspecified atom stereocenters. The number of hydrogen-bond donors (Lipinski definition) is 0. The van der Waals surface area contributed by atoms with Gasteiger partial charge in [-0.1, -0.05) is 27.7 Å². The van der Waals surface area contributed by atoms with Crippen molar-refractivity contribution >= 4 is 5.78 Å². The molecule has 1 fully saturated rings. The lowest BCUT2D eigenvalue weighted by Crippen LogP contribution is -2.10. The van der Waals surface area contributed by atoms with Gasteiger partial charge in [-0.15, -0.1) is 0 Å². The van der Waals surface area contributed by atoms with Crippen LogP contribution in [0.5, 0.6) is 0 Å². The van der Waals surface area contributed by atoms with Crippen LogP contribution in [0.15, 0.2) is 24.5 Å². The van der Waals surface area contributed by atoms with Crippen molar-refractivity contribution in [3.63, 3.8) is 0 Å². The molecule has 0 amide bonds. The number of carbonyl (C=O) groups is 1. The molecule has 2 heteroatoms. The first-order valence-corrected chi connectivity index (χ1v) is 5.79. The predicted molar refractivity (Wildman–Crippen MR) is 64.0 cm³/mol. The van der Waals surface area contributed by atoms with E-state index in [9.17, 15) is 4.79 Å². The maximum Gasteiger partial charge on any atom is 0.141 e. The highest BCUT2D eigenvalue weighted by molar-refractivity contribution is 5.88.